The largest absolute Gasteiger partial charge is 0.479 e. The maximum Gasteiger partial charge on any atom is 0.220 e. The lowest BCUT2D eigenvalue weighted by Crippen LogP contribution is -2.28. The second kappa shape index (κ2) is 9.23. The standard InChI is InChI=1S/C13H26OS4Si/c1-5-14-13(15)18-11(10-19(2,3)4)9-12-16-7-6-8-17-12/h11-12H,5-10H2,1-4H3. The maximum absolute atomic E-state index is 5.47. The molecule has 0 aliphatic carbocycles. The van der Waals surface area contributed by atoms with E-state index in [0.717, 1.165) is 8.96 Å². The van der Waals surface area contributed by atoms with Gasteiger partial charge in [-0.25, -0.2) is 0 Å². The van der Waals surface area contributed by atoms with Crippen LogP contribution >= 0.6 is 47.5 Å². The van der Waals surface area contributed by atoms with Crippen molar-refractivity contribution in [2.24, 2.45) is 0 Å². The Hall–Kier alpha value is 1.16. The molecule has 0 bridgehead atoms. The Kier molecular flexibility index (Phi) is 8.85. The van der Waals surface area contributed by atoms with Crippen LogP contribution < -0.4 is 0 Å². The number of hydrogen-bond donors (Lipinski definition) is 0. The van der Waals surface area contributed by atoms with E-state index in [1.807, 2.05) is 18.7 Å². The van der Waals surface area contributed by atoms with E-state index in [-0.39, 0.29) is 0 Å². The Labute approximate surface area is 137 Å². The van der Waals surface area contributed by atoms with E-state index in [1.165, 1.54) is 30.4 Å². The van der Waals surface area contributed by atoms with E-state index in [1.54, 1.807) is 0 Å². The summed E-state index contributed by atoms with van der Waals surface area (Å²) >= 11 is 11.4. The van der Waals surface area contributed by atoms with Gasteiger partial charge in [0.25, 0.3) is 0 Å². The van der Waals surface area contributed by atoms with E-state index < -0.39 is 8.07 Å². The molecular formula is C13H26OS4Si. The Bertz CT molecular complexity index is 274. The highest BCUT2D eigenvalue weighted by Crippen LogP contribution is 2.38. The number of ether oxygens (including phenoxy) is 1. The predicted octanol–water partition coefficient (Wildman–Crippen LogP) is 5.33. The van der Waals surface area contributed by atoms with Gasteiger partial charge in [-0.2, -0.15) is 0 Å². The molecule has 1 aliphatic heterocycles. The van der Waals surface area contributed by atoms with Gasteiger partial charge in [-0.15, -0.1) is 23.5 Å². The third-order valence-corrected chi connectivity index (χ3v) is 9.13. The van der Waals surface area contributed by atoms with Crippen LogP contribution in [0.25, 0.3) is 0 Å². The molecule has 0 spiro atoms. The lowest BCUT2D eigenvalue weighted by molar-refractivity contribution is 0.346. The summed E-state index contributed by atoms with van der Waals surface area (Å²) in [4.78, 5) is 0. The Morgan fingerprint density at radius 3 is 2.53 bits per heavy atom. The van der Waals surface area contributed by atoms with Crippen LogP contribution in [0.4, 0.5) is 0 Å². The van der Waals surface area contributed by atoms with Crippen LogP contribution in [0.2, 0.25) is 25.7 Å². The van der Waals surface area contributed by atoms with Crippen molar-refractivity contribution in [2.45, 2.75) is 55.3 Å². The molecule has 0 aromatic rings. The van der Waals surface area contributed by atoms with Crippen LogP contribution in [0.1, 0.15) is 19.8 Å². The van der Waals surface area contributed by atoms with Gasteiger partial charge in [-0.05, 0) is 49.5 Å². The van der Waals surface area contributed by atoms with Crippen LogP contribution in [-0.4, -0.2) is 40.4 Å². The van der Waals surface area contributed by atoms with E-state index >= 15 is 0 Å². The first-order chi connectivity index (χ1) is 8.90. The van der Waals surface area contributed by atoms with Crippen molar-refractivity contribution >= 4 is 60.0 Å². The average molecular weight is 355 g/mol. The minimum atomic E-state index is -1.05. The minimum absolute atomic E-state index is 0.647. The molecule has 1 unspecified atom stereocenters. The van der Waals surface area contributed by atoms with Gasteiger partial charge in [-0.1, -0.05) is 31.4 Å². The molecule has 6 heteroatoms. The van der Waals surface area contributed by atoms with E-state index in [2.05, 4.69) is 43.2 Å². The summed E-state index contributed by atoms with van der Waals surface area (Å²) in [7, 11) is -1.05. The monoisotopic (exact) mass is 354 g/mol. The molecule has 1 rings (SSSR count). The molecule has 0 amide bonds. The zero-order valence-electron chi connectivity index (χ0n) is 12.4. The molecule has 0 saturated carbocycles. The molecule has 0 N–H and O–H groups in total. The molecule has 1 heterocycles. The average Bonchev–Trinajstić information content (AvgIpc) is 2.28. The van der Waals surface area contributed by atoms with Crippen LogP contribution in [0.5, 0.6) is 0 Å². The lowest BCUT2D eigenvalue weighted by Gasteiger charge is -2.29. The molecule has 1 atom stereocenters. The summed E-state index contributed by atoms with van der Waals surface area (Å²) in [6.07, 6.45) is 2.65. The van der Waals surface area contributed by atoms with Gasteiger partial charge >= 0.3 is 0 Å². The van der Waals surface area contributed by atoms with Gasteiger partial charge in [-0.3, -0.25) is 0 Å². The summed E-state index contributed by atoms with van der Waals surface area (Å²) in [5.74, 6) is 2.66. The van der Waals surface area contributed by atoms with Gasteiger partial charge < -0.3 is 4.74 Å². The topological polar surface area (TPSA) is 9.23 Å². The van der Waals surface area contributed by atoms with Crippen molar-refractivity contribution in [2.75, 3.05) is 18.1 Å². The highest BCUT2D eigenvalue weighted by molar-refractivity contribution is 8.23. The van der Waals surface area contributed by atoms with Gasteiger partial charge in [0.15, 0.2) is 0 Å². The number of thiocarbonyl (C=S) groups is 1. The minimum Gasteiger partial charge on any atom is -0.479 e. The van der Waals surface area contributed by atoms with Crippen molar-refractivity contribution in [3.05, 3.63) is 0 Å². The van der Waals surface area contributed by atoms with Crippen molar-refractivity contribution in [3.63, 3.8) is 0 Å². The second-order valence-corrected chi connectivity index (χ2v) is 16.3. The number of rotatable bonds is 6. The van der Waals surface area contributed by atoms with Crippen LogP contribution in [0, 0.1) is 0 Å². The number of hydrogen-bond acceptors (Lipinski definition) is 5. The maximum atomic E-state index is 5.47. The van der Waals surface area contributed by atoms with Crippen molar-refractivity contribution in [3.8, 4) is 0 Å². The van der Waals surface area contributed by atoms with Gasteiger partial charge in [0.1, 0.15) is 0 Å². The predicted molar refractivity (Wildman–Crippen MR) is 102 cm³/mol. The van der Waals surface area contributed by atoms with E-state index in [4.69, 9.17) is 17.0 Å². The Balaban J connectivity index is 2.49. The lowest BCUT2D eigenvalue weighted by atomic mass is 10.4. The fourth-order valence-electron chi connectivity index (χ4n) is 2.03. The third-order valence-electron chi connectivity index (χ3n) is 2.72. The molecule has 1 aliphatic rings. The zero-order chi connectivity index (χ0) is 14.3. The zero-order valence-corrected chi connectivity index (χ0v) is 16.7. The van der Waals surface area contributed by atoms with Crippen LogP contribution in [0.15, 0.2) is 0 Å². The molecule has 19 heavy (non-hydrogen) atoms. The Morgan fingerprint density at radius 1 is 1.37 bits per heavy atom. The first-order valence-electron chi connectivity index (χ1n) is 6.97. The first-order valence-corrected chi connectivity index (χ1v) is 14.1. The normalized spacial score (nSPS) is 19.2. The molecule has 112 valence electrons. The molecule has 0 aromatic heterocycles. The summed E-state index contributed by atoms with van der Waals surface area (Å²) in [6.45, 7) is 10.0. The SMILES string of the molecule is CCOC(=S)SC(CC1SCCCS1)C[Si](C)(C)C. The summed E-state index contributed by atoms with van der Waals surface area (Å²) in [5, 5.41) is 0.647. The molecular weight excluding hydrogens is 328 g/mol. The fourth-order valence-corrected chi connectivity index (χ4v) is 9.94. The smallest absolute Gasteiger partial charge is 0.220 e. The van der Waals surface area contributed by atoms with Crippen molar-refractivity contribution in [1.82, 2.24) is 0 Å². The van der Waals surface area contributed by atoms with Crippen molar-refractivity contribution in [1.29, 1.82) is 0 Å². The Morgan fingerprint density at radius 2 is 2.00 bits per heavy atom. The van der Waals surface area contributed by atoms with Crippen molar-refractivity contribution < 1.29 is 4.74 Å². The first kappa shape index (κ1) is 18.2. The second-order valence-electron chi connectivity index (χ2n) is 5.95. The van der Waals surface area contributed by atoms with Crippen LogP contribution in [0.3, 0.4) is 0 Å². The highest BCUT2D eigenvalue weighted by Gasteiger charge is 2.26. The van der Waals surface area contributed by atoms with Gasteiger partial charge in [0.05, 0.1) is 11.2 Å². The summed E-state index contributed by atoms with van der Waals surface area (Å²) in [6, 6.07) is 1.34. The summed E-state index contributed by atoms with van der Waals surface area (Å²) < 4.78 is 6.99. The summed E-state index contributed by atoms with van der Waals surface area (Å²) in [5.41, 5.74) is 0. The fraction of sp³-hybridized carbons (Fsp3) is 0.923. The van der Waals surface area contributed by atoms with Gasteiger partial charge in [0.2, 0.25) is 4.38 Å². The van der Waals surface area contributed by atoms with Crippen LogP contribution in [-0.2, 0) is 4.74 Å². The molecule has 0 radical (unpaired) electrons. The number of thioether (sulfide) groups is 3. The third kappa shape index (κ3) is 8.91. The molecule has 1 nitrogen and oxygen atoms in total. The van der Waals surface area contributed by atoms with E-state index in [0.29, 0.717) is 11.9 Å². The van der Waals surface area contributed by atoms with E-state index in [9.17, 15) is 0 Å². The van der Waals surface area contributed by atoms with Gasteiger partial charge in [0, 0.05) is 13.3 Å². The molecule has 1 fully saturated rings. The quantitative estimate of drug-likeness (QED) is 0.469. The highest BCUT2D eigenvalue weighted by atomic mass is 32.2. The molecule has 1 saturated heterocycles. The molecule has 0 aromatic carbocycles.